The lowest BCUT2D eigenvalue weighted by Crippen LogP contribution is -2.49. The molecule has 156 valence electrons. The fraction of sp³-hybridized carbons (Fsp3) is 0.588. The van der Waals surface area contributed by atoms with Crippen LogP contribution in [0.4, 0.5) is 0 Å². The molecule has 0 spiro atoms. The highest BCUT2D eigenvalue weighted by Gasteiger charge is 2.30. The first-order valence-electron chi connectivity index (χ1n) is 9.15. The molecule has 1 unspecified atom stereocenters. The number of rotatable bonds is 5. The second kappa shape index (κ2) is 8.39. The minimum atomic E-state index is -3.63. The molecule has 2 heterocycles. The third-order valence-electron chi connectivity index (χ3n) is 5.07. The lowest BCUT2D eigenvalue weighted by Gasteiger charge is -2.31. The minimum absolute atomic E-state index is 0.0872. The van der Waals surface area contributed by atoms with Gasteiger partial charge in [0, 0.05) is 36.7 Å². The van der Waals surface area contributed by atoms with Gasteiger partial charge in [-0.2, -0.15) is 4.31 Å². The van der Waals surface area contributed by atoms with Crippen LogP contribution >= 0.6 is 15.9 Å². The van der Waals surface area contributed by atoms with Crippen LogP contribution in [0.15, 0.2) is 27.6 Å². The molecular weight excluding hydrogens is 470 g/mol. The van der Waals surface area contributed by atoms with Crippen LogP contribution in [0.3, 0.4) is 0 Å². The minimum Gasteiger partial charge on any atom is -0.348 e. The Balaban J connectivity index is 1.78. The van der Waals surface area contributed by atoms with Gasteiger partial charge in [0.15, 0.2) is 0 Å². The largest absolute Gasteiger partial charge is 0.348 e. The zero-order valence-electron chi connectivity index (χ0n) is 15.6. The molecule has 2 aliphatic rings. The first-order valence-corrected chi connectivity index (χ1v) is 13.2. The van der Waals surface area contributed by atoms with E-state index in [4.69, 9.17) is 0 Å². The van der Waals surface area contributed by atoms with Gasteiger partial charge in [-0.15, -0.1) is 0 Å². The Morgan fingerprint density at radius 2 is 1.71 bits per heavy atom. The van der Waals surface area contributed by atoms with Crippen LogP contribution in [0, 0.1) is 0 Å². The molecule has 1 N–H and O–H groups in total. The lowest BCUT2D eigenvalue weighted by atomic mass is 10.1. The van der Waals surface area contributed by atoms with Crippen LogP contribution < -0.4 is 5.32 Å². The van der Waals surface area contributed by atoms with Gasteiger partial charge in [0.1, 0.15) is 0 Å². The quantitative estimate of drug-likeness (QED) is 0.667. The molecule has 0 bridgehead atoms. The number of piperidine rings is 1. The van der Waals surface area contributed by atoms with Crippen LogP contribution in [0.2, 0.25) is 0 Å². The molecule has 1 amide bonds. The standard InChI is InChI=1S/C17H24BrN3O5S2/c1-27(23,24)21-10-4-5-13(12-21)19-17(22)15-11-14(6-7-16(15)18)28(25,26)20-8-2-3-9-20/h6-7,11,13H,2-5,8-10,12H2,1H3,(H,19,22). The fourth-order valence-electron chi connectivity index (χ4n) is 3.54. The summed E-state index contributed by atoms with van der Waals surface area (Å²) >= 11 is 3.31. The summed E-state index contributed by atoms with van der Waals surface area (Å²) in [6, 6.07) is 4.11. The molecule has 0 saturated carbocycles. The van der Waals surface area contributed by atoms with Gasteiger partial charge < -0.3 is 5.32 Å². The number of halogens is 1. The van der Waals surface area contributed by atoms with E-state index in [1.807, 2.05) is 0 Å². The second-order valence-electron chi connectivity index (χ2n) is 7.19. The van der Waals surface area contributed by atoms with Crippen molar-refractivity contribution in [2.75, 3.05) is 32.4 Å². The number of benzene rings is 1. The number of hydrogen-bond acceptors (Lipinski definition) is 5. The molecule has 2 saturated heterocycles. The van der Waals surface area contributed by atoms with E-state index < -0.39 is 26.0 Å². The van der Waals surface area contributed by atoms with E-state index in [1.165, 1.54) is 20.7 Å². The van der Waals surface area contributed by atoms with Crippen molar-refractivity contribution in [1.29, 1.82) is 0 Å². The van der Waals surface area contributed by atoms with E-state index in [2.05, 4.69) is 21.2 Å². The van der Waals surface area contributed by atoms with E-state index in [1.54, 1.807) is 6.07 Å². The van der Waals surface area contributed by atoms with Crippen molar-refractivity contribution in [2.24, 2.45) is 0 Å². The zero-order chi connectivity index (χ0) is 20.5. The molecule has 8 nitrogen and oxygen atoms in total. The highest BCUT2D eigenvalue weighted by molar-refractivity contribution is 9.10. The van der Waals surface area contributed by atoms with E-state index in [-0.39, 0.29) is 23.0 Å². The maximum absolute atomic E-state index is 12.8. The Morgan fingerprint density at radius 1 is 1.07 bits per heavy atom. The second-order valence-corrected chi connectivity index (χ2v) is 12.0. The summed E-state index contributed by atoms with van der Waals surface area (Å²) in [5.41, 5.74) is 0.219. The normalized spacial score (nSPS) is 22.3. The number of nitrogens with zero attached hydrogens (tertiary/aromatic N) is 2. The van der Waals surface area contributed by atoms with E-state index in [0.717, 1.165) is 19.1 Å². The summed E-state index contributed by atoms with van der Waals surface area (Å²) < 4.78 is 52.3. The van der Waals surface area contributed by atoms with Crippen molar-refractivity contribution >= 4 is 41.9 Å². The molecule has 1 aromatic carbocycles. The molecule has 1 atom stereocenters. The SMILES string of the molecule is CS(=O)(=O)N1CCCC(NC(=O)c2cc(S(=O)(=O)N3CCCC3)ccc2Br)C1. The summed E-state index contributed by atoms with van der Waals surface area (Å²) in [7, 11) is -6.94. The maximum Gasteiger partial charge on any atom is 0.252 e. The molecule has 0 radical (unpaired) electrons. The Morgan fingerprint density at radius 3 is 2.36 bits per heavy atom. The van der Waals surface area contributed by atoms with Gasteiger partial charge in [0.2, 0.25) is 20.0 Å². The molecule has 2 fully saturated rings. The molecule has 1 aromatic rings. The molecule has 2 aliphatic heterocycles. The number of hydrogen-bond donors (Lipinski definition) is 1. The highest BCUT2D eigenvalue weighted by atomic mass is 79.9. The monoisotopic (exact) mass is 493 g/mol. The summed E-state index contributed by atoms with van der Waals surface area (Å²) in [6.07, 6.45) is 4.15. The summed E-state index contributed by atoms with van der Waals surface area (Å²) in [4.78, 5) is 12.9. The Labute approximate surface area is 174 Å². The van der Waals surface area contributed by atoms with Crippen molar-refractivity contribution in [3.63, 3.8) is 0 Å². The number of carbonyl (C=O) groups excluding carboxylic acids is 1. The van der Waals surface area contributed by atoms with Crippen molar-refractivity contribution in [2.45, 2.75) is 36.6 Å². The van der Waals surface area contributed by atoms with Gasteiger partial charge in [-0.25, -0.2) is 21.1 Å². The zero-order valence-corrected chi connectivity index (χ0v) is 18.8. The summed E-state index contributed by atoms with van der Waals surface area (Å²) in [5, 5.41) is 2.84. The number of nitrogens with one attached hydrogen (secondary N) is 1. The predicted octanol–water partition coefficient (Wildman–Crippen LogP) is 1.39. The molecule has 0 aromatic heterocycles. The maximum atomic E-state index is 12.8. The van der Waals surface area contributed by atoms with Crippen molar-refractivity contribution in [3.05, 3.63) is 28.2 Å². The van der Waals surface area contributed by atoms with Gasteiger partial charge in [-0.3, -0.25) is 4.79 Å². The number of amides is 1. The molecular formula is C17H24BrN3O5S2. The molecule has 28 heavy (non-hydrogen) atoms. The smallest absolute Gasteiger partial charge is 0.252 e. The van der Waals surface area contributed by atoms with Crippen LogP contribution in [0.5, 0.6) is 0 Å². The highest BCUT2D eigenvalue weighted by Crippen LogP contribution is 2.26. The summed E-state index contributed by atoms with van der Waals surface area (Å²) in [5.74, 6) is -0.425. The Hall–Kier alpha value is -1.01. The van der Waals surface area contributed by atoms with Crippen LogP contribution in [-0.2, 0) is 20.0 Å². The average Bonchev–Trinajstić information content (AvgIpc) is 3.17. The van der Waals surface area contributed by atoms with E-state index in [0.29, 0.717) is 36.9 Å². The lowest BCUT2D eigenvalue weighted by molar-refractivity contribution is 0.0920. The van der Waals surface area contributed by atoms with Crippen molar-refractivity contribution in [1.82, 2.24) is 13.9 Å². The molecule has 11 heteroatoms. The van der Waals surface area contributed by atoms with Gasteiger partial charge in [-0.05, 0) is 59.8 Å². The van der Waals surface area contributed by atoms with Gasteiger partial charge in [0.25, 0.3) is 5.91 Å². The molecule has 0 aliphatic carbocycles. The van der Waals surface area contributed by atoms with Gasteiger partial charge in [-0.1, -0.05) is 0 Å². The predicted molar refractivity (Wildman–Crippen MR) is 109 cm³/mol. The third-order valence-corrected chi connectivity index (χ3v) is 8.93. The van der Waals surface area contributed by atoms with Crippen molar-refractivity contribution in [3.8, 4) is 0 Å². The third kappa shape index (κ3) is 4.76. The fourth-order valence-corrected chi connectivity index (χ4v) is 6.42. The number of sulfonamides is 2. The van der Waals surface area contributed by atoms with Crippen LogP contribution in [0.1, 0.15) is 36.0 Å². The van der Waals surface area contributed by atoms with Crippen molar-refractivity contribution < 1.29 is 21.6 Å². The average molecular weight is 494 g/mol. The summed E-state index contributed by atoms with van der Waals surface area (Å²) in [6.45, 7) is 1.64. The Bertz CT molecular complexity index is 959. The molecule has 3 rings (SSSR count). The van der Waals surface area contributed by atoms with Gasteiger partial charge in [0.05, 0.1) is 16.7 Å². The number of carbonyl (C=O) groups is 1. The van der Waals surface area contributed by atoms with Gasteiger partial charge >= 0.3 is 0 Å². The topological polar surface area (TPSA) is 104 Å². The van der Waals surface area contributed by atoms with Crippen LogP contribution in [0.25, 0.3) is 0 Å². The first-order chi connectivity index (χ1) is 13.1. The van der Waals surface area contributed by atoms with E-state index in [9.17, 15) is 21.6 Å². The Kier molecular flexibility index (Phi) is 6.50. The first kappa shape index (κ1) is 21.7. The van der Waals surface area contributed by atoms with E-state index >= 15 is 0 Å². The van der Waals surface area contributed by atoms with Crippen LogP contribution in [-0.4, -0.2) is 69.8 Å².